The number of hydrogen-bond acceptors (Lipinski definition) is 7. The summed E-state index contributed by atoms with van der Waals surface area (Å²) in [5, 5.41) is 13.5. The molecule has 11 heteroatoms. The summed E-state index contributed by atoms with van der Waals surface area (Å²) in [5.74, 6) is 2.56. The van der Waals surface area contributed by atoms with Gasteiger partial charge in [-0.25, -0.2) is 13.4 Å². The van der Waals surface area contributed by atoms with Crippen molar-refractivity contribution in [2.45, 2.75) is 37.1 Å². The number of anilines is 1. The number of fused-ring (bicyclic) bond motifs is 1. The van der Waals surface area contributed by atoms with Crippen molar-refractivity contribution < 1.29 is 8.42 Å². The van der Waals surface area contributed by atoms with E-state index in [1.165, 1.54) is 10.7 Å². The summed E-state index contributed by atoms with van der Waals surface area (Å²) >= 11 is 0. The van der Waals surface area contributed by atoms with Crippen LogP contribution in [0.4, 0.5) is 5.82 Å². The van der Waals surface area contributed by atoms with Crippen LogP contribution in [0.5, 0.6) is 0 Å². The fourth-order valence-electron chi connectivity index (χ4n) is 3.90. The number of rotatable bonds is 4. The molecule has 2 saturated heterocycles. The maximum atomic E-state index is 12.9. The third kappa shape index (κ3) is 3.08. The van der Waals surface area contributed by atoms with Gasteiger partial charge in [0.15, 0.2) is 16.5 Å². The van der Waals surface area contributed by atoms with Gasteiger partial charge in [-0.1, -0.05) is 0 Å². The Hall–Kier alpha value is -2.53. The zero-order valence-electron chi connectivity index (χ0n) is 16.6. The van der Waals surface area contributed by atoms with Gasteiger partial charge >= 0.3 is 0 Å². The summed E-state index contributed by atoms with van der Waals surface area (Å²) in [7, 11) is -1.78. The minimum atomic E-state index is -3.58. The van der Waals surface area contributed by atoms with Gasteiger partial charge in [-0.05, 0) is 38.3 Å². The van der Waals surface area contributed by atoms with Crippen LogP contribution in [-0.2, 0) is 17.1 Å². The minimum absolute atomic E-state index is 0.115. The molecule has 5 rings (SSSR count). The molecule has 0 N–H and O–H groups in total. The zero-order chi connectivity index (χ0) is 20.2. The molecule has 2 fully saturated rings. The average Bonchev–Trinajstić information content (AvgIpc) is 3.24. The first-order valence-electron chi connectivity index (χ1n) is 9.91. The van der Waals surface area contributed by atoms with Crippen LogP contribution in [0.3, 0.4) is 0 Å². The molecule has 0 bridgehead atoms. The van der Waals surface area contributed by atoms with E-state index in [4.69, 9.17) is 5.10 Å². The maximum absolute atomic E-state index is 12.9. The summed E-state index contributed by atoms with van der Waals surface area (Å²) in [6, 6.07) is 3.93. The lowest BCUT2D eigenvalue weighted by molar-refractivity contribution is 0.310. The van der Waals surface area contributed by atoms with Crippen molar-refractivity contribution in [3.05, 3.63) is 30.0 Å². The molecule has 0 spiro atoms. The highest BCUT2D eigenvalue weighted by atomic mass is 32.2. The SMILES string of the molecule is Cc1nc(S(=O)(=O)N2CCC(c3nnc4ccc(N5CCC5)nn34)CC2)cn1C. The van der Waals surface area contributed by atoms with Crippen molar-refractivity contribution in [3.63, 3.8) is 0 Å². The number of nitrogens with zero attached hydrogens (tertiary/aromatic N) is 8. The Morgan fingerprint density at radius 1 is 1.07 bits per heavy atom. The zero-order valence-corrected chi connectivity index (χ0v) is 17.4. The average molecular weight is 417 g/mol. The van der Waals surface area contributed by atoms with Crippen molar-refractivity contribution in [1.29, 1.82) is 0 Å². The lowest BCUT2D eigenvalue weighted by Gasteiger charge is -2.32. The van der Waals surface area contributed by atoms with E-state index in [2.05, 4.69) is 20.1 Å². The lowest BCUT2D eigenvalue weighted by atomic mass is 9.97. The topological polar surface area (TPSA) is 102 Å². The first kappa shape index (κ1) is 18.5. The second-order valence-corrected chi connectivity index (χ2v) is 9.66. The number of piperidine rings is 1. The van der Waals surface area contributed by atoms with E-state index in [-0.39, 0.29) is 10.9 Å². The number of imidazole rings is 1. The number of aryl methyl sites for hydroxylation is 2. The Morgan fingerprint density at radius 2 is 1.83 bits per heavy atom. The van der Waals surface area contributed by atoms with Gasteiger partial charge in [0.2, 0.25) is 0 Å². The molecule has 5 heterocycles. The second-order valence-electron chi connectivity index (χ2n) is 7.78. The summed E-state index contributed by atoms with van der Waals surface area (Å²) in [4.78, 5) is 6.43. The third-order valence-corrected chi connectivity index (χ3v) is 7.73. The van der Waals surface area contributed by atoms with E-state index in [9.17, 15) is 8.42 Å². The summed E-state index contributed by atoms with van der Waals surface area (Å²) in [5.41, 5.74) is 0.725. The predicted octanol–water partition coefficient (Wildman–Crippen LogP) is 0.945. The monoisotopic (exact) mass is 416 g/mol. The van der Waals surface area contributed by atoms with Gasteiger partial charge in [-0.2, -0.15) is 8.82 Å². The van der Waals surface area contributed by atoms with Crippen molar-refractivity contribution in [3.8, 4) is 0 Å². The minimum Gasteiger partial charge on any atom is -0.355 e. The van der Waals surface area contributed by atoms with Crippen LogP contribution in [0.15, 0.2) is 23.4 Å². The van der Waals surface area contributed by atoms with Crippen LogP contribution in [-0.4, -0.2) is 68.3 Å². The van der Waals surface area contributed by atoms with Gasteiger partial charge in [0.05, 0.1) is 0 Å². The second kappa shape index (κ2) is 6.77. The molecule has 0 unspecified atom stereocenters. The van der Waals surface area contributed by atoms with Gasteiger partial charge in [-0.15, -0.1) is 15.3 Å². The van der Waals surface area contributed by atoms with E-state index in [1.54, 1.807) is 24.7 Å². The molecule has 0 saturated carbocycles. The van der Waals surface area contributed by atoms with Crippen molar-refractivity contribution in [2.75, 3.05) is 31.1 Å². The quantitative estimate of drug-likeness (QED) is 0.624. The molecule has 0 aliphatic carbocycles. The molecular formula is C18H24N8O2S. The van der Waals surface area contributed by atoms with E-state index in [1.807, 2.05) is 16.6 Å². The van der Waals surface area contributed by atoms with Crippen molar-refractivity contribution >= 4 is 21.5 Å². The molecule has 0 aromatic carbocycles. The highest BCUT2D eigenvalue weighted by Crippen LogP contribution is 2.30. The van der Waals surface area contributed by atoms with E-state index in [0.717, 1.165) is 30.4 Å². The highest BCUT2D eigenvalue weighted by Gasteiger charge is 2.33. The molecule has 10 nitrogen and oxygen atoms in total. The number of aromatic nitrogens is 6. The van der Waals surface area contributed by atoms with Crippen LogP contribution in [0.1, 0.15) is 36.8 Å². The van der Waals surface area contributed by atoms with Crippen LogP contribution < -0.4 is 4.90 Å². The fourth-order valence-corrected chi connectivity index (χ4v) is 5.40. The molecule has 2 aliphatic heterocycles. The Morgan fingerprint density at radius 3 is 2.45 bits per heavy atom. The van der Waals surface area contributed by atoms with Gasteiger partial charge in [0.1, 0.15) is 11.6 Å². The smallest absolute Gasteiger partial charge is 0.262 e. The largest absolute Gasteiger partial charge is 0.355 e. The van der Waals surface area contributed by atoms with Crippen LogP contribution in [0.25, 0.3) is 5.65 Å². The van der Waals surface area contributed by atoms with Crippen LogP contribution in [0.2, 0.25) is 0 Å². The molecular weight excluding hydrogens is 392 g/mol. The summed E-state index contributed by atoms with van der Waals surface area (Å²) in [6.45, 7) is 4.72. The van der Waals surface area contributed by atoms with Gasteiger partial charge in [-0.3, -0.25) is 0 Å². The molecule has 0 atom stereocenters. The molecule has 3 aromatic heterocycles. The van der Waals surface area contributed by atoms with Crippen molar-refractivity contribution in [1.82, 2.24) is 33.7 Å². The molecule has 0 radical (unpaired) electrons. The lowest BCUT2D eigenvalue weighted by Crippen LogP contribution is -2.39. The molecule has 2 aliphatic rings. The Labute approximate surface area is 169 Å². The van der Waals surface area contributed by atoms with Crippen molar-refractivity contribution in [2.24, 2.45) is 7.05 Å². The van der Waals surface area contributed by atoms with E-state index >= 15 is 0 Å². The molecule has 154 valence electrons. The van der Waals surface area contributed by atoms with Gasteiger partial charge in [0, 0.05) is 45.3 Å². The maximum Gasteiger partial charge on any atom is 0.262 e. The summed E-state index contributed by atoms with van der Waals surface area (Å²) < 4.78 is 30.9. The first-order chi connectivity index (χ1) is 13.9. The number of sulfonamides is 1. The first-order valence-corrected chi connectivity index (χ1v) is 11.3. The summed E-state index contributed by atoms with van der Waals surface area (Å²) in [6.07, 6.45) is 4.13. The normalized spacial score (nSPS) is 19.0. The highest BCUT2D eigenvalue weighted by molar-refractivity contribution is 7.89. The van der Waals surface area contributed by atoms with Gasteiger partial charge < -0.3 is 9.47 Å². The third-order valence-electron chi connectivity index (χ3n) is 5.96. The fraction of sp³-hybridized carbons (Fsp3) is 0.556. The van der Waals surface area contributed by atoms with E-state index in [0.29, 0.717) is 31.8 Å². The molecule has 3 aromatic rings. The Kier molecular flexibility index (Phi) is 4.32. The Bertz CT molecular complexity index is 1140. The van der Waals surface area contributed by atoms with Gasteiger partial charge in [0.25, 0.3) is 10.0 Å². The molecule has 29 heavy (non-hydrogen) atoms. The predicted molar refractivity (Wildman–Crippen MR) is 106 cm³/mol. The molecule has 0 amide bonds. The van der Waals surface area contributed by atoms with E-state index < -0.39 is 10.0 Å². The van der Waals surface area contributed by atoms with Crippen LogP contribution in [0, 0.1) is 6.92 Å². The standard InChI is InChI=1S/C18H24N8O2S/c1-13-19-17(12-23(13)2)29(27,28)25-10-6-14(7-11-25)18-21-20-15-4-5-16(22-26(15)18)24-8-3-9-24/h4-5,12,14H,3,6-11H2,1-2H3. The Balaban J connectivity index is 1.35. The van der Waals surface area contributed by atoms with Crippen LogP contribution >= 0.6 is 0 Å². The number of hydrogen-bond donors (Lipinski definition) is 0.